The van der Waals surface area contributed by atoms with Crippen molar-refractivity contribution in [1.82, 2.24) is 10.2 Å². The maximum absolute atomic E-state index is 12.0. The Balaban J connectivity index is 1.74. The molecule has 0 spiro atoms. The van der Waals surface area contributed by atoms with Crippen LogP contribution in [0.15, 0.2) is 0 Å². The highest BCUT2D eigenvalue weighted by Gasteiger charge is 2.35. The van der Waals surface area contributed by atoms with Gasteiger partial charge in [0.1, 0.15) is 0 Å². The van der Waals surface area contributed by atoms with Crippen LogP contribution in [0, 0.1) is 11.8 Å². The van der Waals surface area contributed by atoms with E-state index in [4.69, 9.17) is 5.11 Å². The zero-order valence-corrected chi connectivity index (χ0v) is 9.32. The van der Waals surface area contributed by atoms with Crippen molar-refractivity contribution in [2.24, 2.45) is 11.8 Å². The number of hydrogen-bond acceptors (Lipinski definition) is 3. The molecule has 5 heteroatoms. The fourth-order valence-corrected chi connectivity index (χ4v) is 2.45. The maximum atomic E-state index is 12.0. The van der Waals surface area contributed by atoms with Gasteiger partial charge in [-0.05, 0) is 25.9 Å². The monoisotopic (exact) mass is 226 g/mol. The summed E-state index contributed by atoms with van der Waals surface area (Å²) in [5.74, 6) is -0.211. The van der Waals surface area contributed by atoms with Gasteiger partial charge in [-0.2, -0.15) is 0 Å². The molecule has 0 aliphatic carbocycles. The molecule has 2 N–H and O–H groups in total. The van der Waals surface area contributed by atoms with Gasteiger partial charge in [0.05, 0.1) is 6.42 Å². The first-order chi connectivity index (χ1) is 7.66. The van der Waals surface area contributed by atoms with Gasteiger partial charge in [0, 0.05) is 24.9 Å². The number of carbonyl (C=O) groups excluding carboxylic acids is 1. The highest BCUT2D eigenvalue weighted by molar-refractivity contribution is 5.80. The van der Waals surface area contributed by atoms with Crippen LogP contribution >= 0.6 is 0 Å². The van der Waals surface area contributed by atoms with Gasteiger partial charge in [0.2, 0.25) is 5.91 Å². The van der Waals surface area contributed by atoms with Crippen LogP contribution in [-0.4, -0.2) is 48.1 Å². The Bertz CT molecular complexity index is 281. The van der Waals surface area contributed by atoms with Crippen molar-refractivity contribution in [3.63, 3.8) is 0 Å². The Morgan fingerprint density at radius 1 is 1.25 bits per heavy atom. The molecule has 2 saturated heterocycles. The van der Waals surface area contributed by atoms with E-state index < -0.39 is 5.97 Å². The molecule has 0 bridgehead atoms. The molecule has 5 nitrogen and oxygen atoms in total. The number of aliphatic carboxylic acids is 1. The largest absolute Gasteiger partial charge is 0.481 e. The topological polar surface area (TPSA) is 69.6 Å². The van der Waals surface area contributed by atoms with Gasteiger partial charge < -0.3 is 15.3 Å². The van der Waals surface area contributed by atoms with E-state index in [0.717, 1.165) is 25.9 Å². The molecule has 0 aromatic rings. The minimum Gasteiger partial charge on any atom is -0.481 e. The lowest BCUT2D eigenvalue weighted by atomic mass is 9.91. The van der Waals surface area contributed by atoms with Crippen molar-refractivity contribution in [2.45, 2.75) is 19.3 Å². The van der Waals surface area contributed by atoms with E-state index in [1.54, 1.807) is 0 Å². The number of carboxylic acid groups (broad SMARTS) is 1. The first-order valence-corrected chi connectivity index (χ1v) is 5.88. The number of carboxylic acids is 1. The van der Waals surface area contributed by atoms with Crippen LogP contribution in [0.25, 0.3) is 0 Å². The standard InChI is InChI=1S/C11H18N2O3/c14-10(15)5-8-6-13(7-8)11(16)9-1-3-12-4-2-9/h8-9,12H,1-7H2,(H,14,15). The van der Waals surface area contributed by atoms with Crippen LogP contribution in [0.3, 0.4) is 0 Å². The number of nitrogens with zero attached hydrogens (tertiary/aromatic N) is 1. The van der Waals surface area contributed by atoms with Crippen LogP contribution < -0.4 is 5.32 Å². The third kappa shape index (κ3) is 2.52. The number of carbonyl (C=O) groups is 2. The molecule has 0 aromatic heterocycles. The van der Waals surface area contributed by atoms with E-state index >= 15 is 0 Å². The molecule has 90 valence electrons. The maximum Gasteiger partial charge on any atom is 0.303 e. The zero-order valence-electron chi connectivity index (χ0n) is 9.32. The predicted molar refractivity (Wildman–Crippen MR) is 57.9 cm³/mol. The molecule has 16 heavy (non-hydrogen) atoms. The number of likely N-dealkylation sites (tertiary alicyclic amines) is 1. The van der Waals surface area contributed by atoms with Crippen molar-refractivity contribution in [1.29, 1.82) is 0 Å². The van der Waals surface area contributed by atoms with Crippen LogP contribution in [0.1, 0.15) is 19.3 Å². The van der Waals surface area contributed by atoms with Crippen molar-refractivity contribution < 1.29 is 14.7 Å². The van der Waals surface area contributed by atoms with E-state index in [9.17, 15) is 9.59 Å². The second-order valence-corrected chi connectivity index (χ2v) is 4.73. The first kappa shape index (κ1) is 11.4. The summed E-state index contributed by atoms with van der Waals surface area (Å²) in [6.45, 7) is 3.11. The molecule has 2 aliphatic rings. The average Bonchev–Trinajstić information content (AvgIpc) is 2.23. The first-order valence-electron chi connectivity index (χ1n) is 5.88. The molecule has 0 unspecified atom stereocenters. The minimum absolute atomic E-state index is 0.159. The second-order valence-electron chi connectivity index (χ2n) is 4.73. The van der Waals surface area contributed by atoms with Crippen molar-refractivity contribution >= 4 is 11.9 Å². The van der Waals surface area contributed by atoms with E-state index in [1.807, 2.05) is 4.90 Å². The van der Waals surface area contributed by atoms with Gasteiger partial charge in [0.25, 0.3) is 0 Å². The Kier molecular flexibility index (Phi) is 3.43. The van der Waals surface area contributed by atoms with E-state index in [-0.39, 0.29) is 24.2 Å². The summed E-state index contributed by atoms with van der Waals surface area (Å²) in [4.78, 5) is 24.2. The smallest absolute Gasteiger partial charge is 0.303 e. The molecule has 0 radical (unpaired) electrons. The third-order valence-electron chi connectivity index (χ3n) is 3.42. The zero-order chi connectivity index (χ0) is 11.5. The number of rotatable bonds is 3. The fraction of sp³-hybridized carbons (Fsp3) is 0.818. The molecular weight excluding hydrogens is 208 g/mol. The molecule has 1 amide bonds. The molecule has 0 saturated carbocycles. The molecule has 2 aliphatic heterocycles. The Hall–Kier alpha value is -1.10. The van der Waals surface area contributed by atoms with Crippen LogP contribution in [0.5, 0.6) is 0 Å². The summed E-state index contributed by atoms with van der Waals surface area (Å²) in [5, 5.41) is 11.8. The Morgan fingerprint density at radius 3 is 2.44 bits per heavy atom. The van der Waals surface area contributed by atoms with Gasteiger partial charge in [-0.25, -0.2) is 0 Å². The summed E-state index contributed by atoms with van der Waals surface area (Å²) < 4.78 is 0. The van der Waals surface area contributed by atoms with Crippen LogP contribution in [0.2, 0.25) is 0 Å². The molecule has 2 rings (SSSR count). The lowest BCUT2D eigenvalue weighted by Crippen LogP contribution is -2.53. The average molecular weight is 226 g/mol. The lowest BCUT2D eigenvalue weighted by Gasteiger charge is -2.41. The van der Waals surface area contributed by atoms with Gasteiger partial charge in [-0.1, -0.05) is 0 Å². The number of nitrogens with one attached hydrogen (secondary N) is 1. The lowest BCUT2D eigenvalue weighted by molar-refractivity contribution is -0.148. The molecular formula is C11H18N2O3. The normalized spacial score (nSPS) is 22.9. The molecule has 0 atom stereocenters. The van der Waals surface area contributed by atoms with E-state index in [0.29, 0.717) is 13.1 Å². The van der Waals surface area contributed by atoms with Crippen molar-refractivity contribution in [3.8, 4) is 0 Å². The highest BCUT2D eigenvalue weighted by Crippen LogP contribution is 2.24. The quantitative estimate of drug-likeness (QED) is 0.706. The summed E-state index contributed by atoms with van der Waals surface area (Å²) in [6, 6.07) is 0. The van der Waals surface area contributed by atoms with E-state index in [2.05, 4.69) is 5.32 Å². The van der Waals surface area contributed by atoms with E-state index in [1.165, 1.54) is 0 Å². The predicted octanol–water partition coefficient (Wildman–Crippen LogP) is -0.0809. The summed E-state index contributed by atoms with van der Waals surface area (Å²) in [5.41, 5.74) is 0. The minimum atomic E-state index is -0.765. The Labute approximate surface area is 94.8 Å². The highest BCUT2D eigenvalue weighted by atomic mass is 16.4. The van der Waals surface area contributed by atoms with Crippen molar-refractivity contribution in [3.05, 3.63) is 0 Å². The molecule has 2 heterocycles. The number of amides is 1. The van der Waals surface area contributed by atoms with Gasteiger partial charge in [-0.15, -0.1) is 0 Å². The van der Waals surface area contributed by atoms with Crippen LogP contribution in [-0.2, 0) is 9.59 Å². The number of hydrogen-bond donors (Lipinski definition) is 2. The molecule has 0 aromatic carbocycles. The van der Waals surface area contributed by atoms with Crippen molar-refractivity contribution in [2.75, 3.05) is 26.2 Å². The summed E-state index contributed by atoms with van der Waals surface area (Å²) in [7, 11) is 0. The number of piperidine rings is 1. The van der Waals surface area contributed by atoms with Gasteiger partial charge >= 0.3 is 5.97 Å². The third-order valence-corrected chi connectivity index (χ3v) is 3.42. The summed E-state index contributed by atoms with van der Waals surface area (Å²) in [6.07, 6.45) is 2.02. The van der Waals surface area contributed by atoms with Crippen LogP contribution in [0.4, 0.5) is 0 Å². The van der Waals surface area contributed by atoms with Gasteiger partial charge in [-0.3, -0.25) is 9.59 Å². The molecule has 2 fully saturated rings. The fourth-order valence-electron chi connectivity index (χ4n) is 2.45. The second kappa shape index (κ2) is 4.82. The summed E-state index contributed by atoms with van der Waals surface area (Å²) >= 11 is 0. The Morgan fingerprint density at radius 2 is 1.88 bits per heavy atom. The SMILES string of the molecule is O=C(O)CC1CN(C(=O)C2CCNCC2)C1. The van der Waals surface area contributed by atoms with Gasteiger partial charge in [0.15, 0.2) is 0 Å².